The molecule has 3 rings (SSSR count). The predicted molar refractivity (Wildman–Crippen MR) is 102 cm³/mol. The molecule has 1 unspecified atom stereocenters. The minimum absolute atomic E-state index is 0.129. The summed E-state index contributed by atoms with van der Waals surface area (Å²) in [5.41, 5.74) is 0.978. The molecule has 0 aliphatic carbocycles. The number of carbonyl (C=O) groups excluding carboxylic acids is 2. The first-order valence-electron chi connectivity index (χ1n) is 9.21. The first-order valence-corrected chi connectivity index (χ1v) is 9.21. The van der Waals surface area contributed by atoms with Gasteiger partial charge in [-0.1, -0.05) is 32.0 Å². The van der Waals surface area contributed by atoms with E-state index in [2.05, 4.69) is 17.3 Å². The molecule has 0 spiro atoms. The summed E-state index contributed by atoms with van der Waals surface area (Å²) in [7, 11) is 1.52. The molecule has 1 saturated heterocycles. The van der Waals surface area contributed by atoms with Crippen LogP contribution in [0.4, 0.5) is 0 Å². The van der Waals surface area contributed by atoms with Gasteiger partial charge in [0.25, 0.3) is 5.91 Å². The Morgan fingerprint density at radius 3 is 2.70 bits per heavy atom. The molecular weight excluding hydrogens is 344 g/mol. The van der Waals surface area contributed by atoms with Gasteiger partial charge in [0.2, 0.25) is 5.91 Å². The van der Waals surface area contributed by atoms with E-state index in [1.807, 2.05) is 42.2 Å². The number of ether oxygens (including phenoxy) is 1. The minimum atomic E-state index is -0.275. The second-order valence-corrected chi connectivity index (χ2v) is 7.24. The van der Waals surface area contributed by atoms with Crippen molar-refractivity contribution in [2.45, 2.75) is 26.7 Å². The van der Waals surface area contributed by atoms with Gasteiger partial charge in [-0.2, -0.15) is 5.10 Å². The van der Waals surface area contributed by atoms with Crippen LogP contribution in [0.5, 0.6) is 5.75 Å². The van der Waals surface area contributed by atoms with Crippen LogP contribution >= 0.6 is 0 Å². The van der Waals surface area contributed by atoms with Crippen LogP contribution in [0.2, 0.25) is 0 Å². The van der Waals surface area contributed by atoms with Crippen LogP contribution in [-0.2, 0) is 4.79 Å². The Morgan fingerprint density at radius 2 is 2.04 bits per heavy atom. The molecule has 0 saturated carbocycles. The number of hydrogen-bond donors (Lipinski definition) is 1. The number of hydrogen-bond acceptors (Lipinski definition) is 4. The van der Waals surface area contributed by atoms with E-state index in [4.69, 9.17) is 4.74 Å². The lowest BCUT2D eigenvalue weighted by molar-refractivity contribution is -0.130. The maximum Gasteiger partial charge on any atom is 0.275 e. The number of aromatic nitrogens is 2. The second-order valence-electron chi connectivity index (χ2n) is 7.24. The number of nitrogens with zero attached hydrogens (tertiary/aromatic N) is 3. The van der Waals surface area contributed by atoms with Crippen LogP contribution in [-0.4, -0.2) is 53.2 Å². The van der Waals surface area contributed by atoms with Gasteiger partial charge in [0.1, 0.15) is 0 Å². The van der Waals surface area contributed by atoms with Crippen molar-refractivity contribution in [1.29, 1.82) is 0 Å². The average Bonchev–Trinajstić information content (AvgIpc) is 3.31. The molecule has 1 aromatic heterocycles. The van der Waals surface area contributed by atoms with Crippen molar-refractivity contribution in [2.75, 3.05) is 26.7 Å². The fourth-order valence-corrected chi connectivity index (χ4v) is 3.36. The molecule has 7 heteroatoms. The number of benzene rings is 1. The fraction of sp³-hybridized carbons (Fsp3) is 0.450. The van der Waals surface area contributed by atoms with Gasteiger partial charge in [-0.15, -0.1) is 0 Å². The van der Waals surface area contributed by atoms with E-state index in [9.17, 15) is 9.59 Å². The molecule has 144 valence electrons. The van der Waals surface area contributed by atoms with Gasteiger partial charge in [0, 0.05) is 31.5 Å². The van der Waals surface area contributed by atoms with E-state index < -0.39 is 0 Å². The van der Waals surface area contributed by atoms with E-state index in [0.717, 1.165) is 18.7 Å². The number of para-hydroxylation sites is 1. The molecule has 0 bridgehead atoms. The van der Waals surface area contributed by atoms with Crippen LogP contribution in [0, 0.1) is 5.41 Å². The standard InChI is InChI=1S/C20H26N4O3/c1-4-17(25)23-11-10-20(2,14-23)13-21-19(26)18-16(27-3)12-24(22-18)15-8-6-5-7-9-15/h5-9,12H,4,10-11,13-14H2,1-3H3,(H,21,26). The third-order valence-electron chi connectivity index (χ3n) is 5.03. The van der Waals surface area contributed by atoms with E-state index >= 15 is 0 Å². The van der Waals surface area contributed by atoms with E-state index in [1.54, 1.807) is 10.9 Å². The highest BCUT2D eigenvalue weighted by Crippen LogP contribution is 2.30. The first kappa shape index (κ1) is 18.9. The normalized spacial score (nSPS) is 19.1. The maximum atomic E-state index is 12.7. The van der Waals surface area contributed by atoms with Crippen molar-refractivity contribution in [3.8, 4) is 11.4 Å². The lowest BCUT2D eigenvalue weighted by Gasteiger charge is -2.24. The van der Waals surface area contributed by atoms with Crippen molar-refractivity contribution in [2.24, 2.45) is 5.41 Å². The van der Waals surface area contributed by atoms with Crippen LogP contribution in [0.15, 0.2) is 36.5 Å². The van der Waals surface area contributed by atoms with Gasteiger partial charge in [-0.25, -0.2) is 4.68 Å². The largest absolute Gasteiger partial charge is 0.493 e. The Labute approximate surface area is 159 Å². The molecule has 0 radical (unpaired) electrons. The number of amides is 2. The first-order chi connectivity index (χ1) is 13.0. The predicted octanol–water partition coefficient (Wildman–Crippen LogP) is 2.26. The van der Waals surface area contributed by atoms with E-state index in [0.29, 0.717) is 25.3 Å². The smallest absolute Gasteiger partial charge is 0.275 e. The number of methoxy groups -OCH3 is 1. The highest BCUT2D eigenvalue weighted by Gasteiger charge is 2.36. The number of likely N-dealkylation sites (tertiary alicyclic amines) is 1. The zero-order valence-corrected chi connectivity index (χ0v) is 16.1. The van der Waals surface area contributed by atoms with Crippen molar-refractivity contribution in [3.05, 3.63) is 42.2 Å². The van der Waals surface area contributed by atoms with Crippen molar-refractivity contribution in [1.82, 2.24) is 20.0 Å². The van der Waals surface area contributed by atoms with Crippen LogP contribution in [0.3, 0.4) is 0 Å². The van der Waals surface area contributed by atoms with Crippen LogP contribution in [0.1, 0.15) is 37.2 Å². The van der Waals surface area contributed by atoms with Crippen molar-refractivity contribution in [3.63, 3.8) is 0 Å². The Kier molecular flexibility index (Phi) is 5.48. The van der Waals surface area contributed by atoms with Crippen LogP contribution in [0.25, 0.3) is 5.69 Å². The number of rotatable bonds is 6. The summed E-state index contributed by atoms with van der Waals surface area (Å²) >= 11 is 0. The van der Waals surface area contributed by atoms with Gasteiger partial charge >= 0.3 is 0 Å². The van der Waals surface area contributed by atoms with E-state index in [-0.39, 0.29) is 22.9 Å². The fourth-order valence-electron chi connectivity index (χ4n) is 3.36. The summed E-state index contributed by atoms with van der Waals surface area (Å²) in [4.78, 5) is 26.5. The van der Waals surface area contributed by atoms with Gasteiger partial charge in [0.15, 0.2) is 11.4 Å². The molecule has 1 aliphatic rings. The van der Waals surface area contributed by atoms with Gasteiger partial charge in [0.05, 0.1) is 19.0 Å². The summed E-state index contributed by atoms with van der Waals surface area (Å²) < 4.78 is 6.96. The molecule has 7 nitrogen and oxygen atoms in total. The highest BCUT2D eigenvalue weighted by molar-refractivity contribution is 5.95. The zero-order valence-electron chi connectivity index (χ0n) is 16.1. The summed E-state index contributed by atoms with van der Waals surface area (Å²) in [6.45, 7) is 5.85. The summed E-state index contributed by atoms with van der Waals surface area (Å²) in [5, 5.41) is 7.36. The monoisotopic (exact) mass is 370 g/mol. The second kappa shape index (κ2) is 7.82. The Hall–Kier alpha value is -2.83. The Bertz CT molecular complexity index is 818. The highest BCUT2D eigenvalue weighted by atomic mass is 16.5. The molecule has 1 atom stereocenters. The lowest BCUT2D eigenvalue weighted by atomic mass is 9.90. The number of nitrogens with one attached hydrogen (secondary N) is 1. The summed E-state index contributed by atoms with van der Waals surface area (Å²) in [6.07, 6.45) is 3.08. The van der Waals surface area contributed by atoms with E-state index in [1.165, 1.54) is 7.11 Å². The Balaban J connectivity index is 1.68. The summed E-state index contributed by atoms with van der Waals surface area (Å²) in [5.74, 6) is 0.312. The van der Waals surface area contributed by atoms with Crippen LogP contribution < -0.4 is 10.1 Å². The van der Waals surface area contributed by atoms with Gasteiger partial charge < -0.3 is 15.0 Å². The van der Waals surface area contributed by atoms with Crippen molar-refractivity contribution >= 4 is 11.8 Å². The molecule has 2 amide bonds. The maximum absolute atomic E-state index is 12.7. The molecule has 1 fully saturated rings. The summed E-state index contributed by atoms with van der Waals surface area (Å²) in [6, 6.07) is 9.56. The quantitative estimate of drug-likeness (QED) is 0.846. The molecule has 1 aliphatic heterocycles. The SMILES string of the molecule is CCC(=O)N1CCC(C)(CNC(=O)c2nn(-c3ccccc3)cc2OC)C1. The third kappa shape index (κ3) is 4.13. The minimum Gasteiger partial charge on any atom is -0.493 e. The Morgan fingerprint density at radius 1 is 1.30 bits per heavy atom. The molecular formula is C20H26N4O3. The topological polar surface area (TPSA) is 76.5 Å². The lowest BCUT2D eigenvalue weighted by Crippen LogP contribution is -2.39. The molecule has 2 heterocycles. The zero-order chi connectivity index (χ0) is 19.4. The van der Waals surface area contributed by atoms with Crippen molar-refractivity contribution < 1.29 is 14.3 Å². The molecule has 27 heavy (non-hydrogen) atoms. The molecule has 2 aromatic rings. The average molecular weight is 370 g/mol. The van der Waals surface area contributed by atoms with Gasteiger partial charge in [-0.3, -0.25) is 9.59 Å². The number of carbonyl (C=O) groups is 2. The van der Waals surface area contributed by atoms with Gasteiger partial charge in [-0.05, 0) is 18.6 Å². The molecule has 1 N–H and O–H groups in total. The molecule has 1 aromatic carbocycles. The third-order valence-corrected chi connectivity index (χ3v) is 5.03.